The lowest BCUT2D eigenvalue weighted by Gasteiger charge is -2.15. The number of nitrogens with zero attached hydrogens (tertiary/aromatic N) is 1. The van der Waals surface area contributed by atoms with E-state index in [2.05, 4.69) is 5.32 Å². The van der Waals surface area contributed by atoms with Crippen LogP contribution in [-0.4, -0.2) is 50.6 Å². The molecule has 1 aromatic rings. The minimum atomic E-state index is -3.09. The van der Waals surface area contributed by atoms with E-state index >= 15 is 0 Å². The molecule has 1 heterocycles. The van der Waals surface area contributed by atoms with Gasteiger partial charge in [0.05, 0.1) is 23.1 Å². The SMILES string of the molecule is C[C@@H](Oc1ccc(C#N)cc1)C(=O)OCC(=O)N[C@H]1CCS(=O)(=O)C1. The summed E-state index contributed by atoms with van der Waals surface area (Å²) < 4.78 is 32.9. The molecule has 0 unspecified atom stereocenters. The number of carbonyl (C=O) groups is 2. The molecule has 0 bridgehead atoms. The maximum Gasteiger partial charge on any atom is 0.347 e. The predicted molar refractivity (Wildman–Crippen MR) is 87.4 cm³/mol. The molecule has 134 valence electrons. The number of nitriles is 1. The molecule has 2 rings (SSSR count). The third-order valence-corrected chi connectivity index (χ3v) is 5.34. The molecule has 1 aliphatic rings. The van der Waals surface area contributed by atoms with Crippen molar-refractivity contribution in [1.29, 1.82) is 5.26 Å². The molecule has 0 radical (unpaired) electrons. The van der Waals surface area contributed by atoms with Crippen molar-refractivity contribution in [2.45, 2.75) is 25.5 Å². The molecule has 2 atom stereocenters. The Balaban J connectivity index is 1.75. The van der Waals surface area contributed by atoms with Gasteiger partial charge in [0.25, 0.3) is 5.91 Å². The van der Waals surface area contributed by atoms with Gasteiger partial charge in [-0.15, -0.1) is 0 Å². The first-order chi connectivity index (χ1) is 11.8. The minimum Gasteiger partial charge on any atom is -0.479 e. The first-order valence-corrected chi connectivity index (χ1v) is 9.44. The van der Waals surface area contributed by atoms with E-state index in [0.29, 0.717) is 17.7 Å². The first kappa shape index (κ1) is 18.7. The summed E-state index contributed by atoms with van der Waals surface area (Å²) >= 11 is 0. The van der Waals surface area contributed by atoms with E-state index in [4.69, 9.17) is 14.7 Å². The summed E-state index contributed by atoms with van der Waals surface area (Å²) in [5.41, 5.74) is 0.466. The fraction of sp³-hybridized carbons (Fsp3) is 0.438. The number of ether oxygens (including phenoxy) is 2. The van der Waals surface area contributed by atoms with Gasteiger partial charge in [-0.2, -0.15) is 5.26 Å². The monoisotopic (exact) mass is 366 g/mol. The average molecular weight is 366 g/mol. The number of sulfone groups is 1. The molecular formula is C16H18N2O6S. The third kappa shape index (κ3) is 5.76. The molecule has 1 aliphatic heterocycles. The number of carbonyl (C=O) groups excluding carboxylic acids is 2. The molecule has 25 heavy (non-hydrogen) atoms. The predicted octanol–water partition coefficient (Wildman–Crippen LogP) is 0.172. The van der Waals surface area contributed by atoms with Crippen LogP contribution in [0.3, 0.4) is 0 Å². The van der Waals surface area contributed by atoms with Crippen LogP contribution < -0.4 is 10.1 Å². The molecule has 1 N–H and O–H groups in total. The Hall–Kier alpha value is -2.60. The van der Waals surface area contributed by atoms with Gasteiger partial charge in [-0.1, -0.05) is 0 Å². The van der Waals surface area contributed by atoms with E-state index in [-0.39, 0.29) is 11.5 Å². The number of benzene rings is 1. The molecule has 8 nitrogen and oxygen atoms in total. The molecule has 1 amide bonds. The summed E-state index contributed by atoms with van der Waals surface area (Å²) in [6.07, 6.45) is -0.576. The number of amides is 1. The summed E-state index contributed by atoms with van der Waals surface area (Å²) in [6, 6.07) is 7.73. The number of nitrogens with one attached hydrogen (secondary N) is 1. The van der Waals surface area contributed by atoms with Crippen LogP contribution in [-0.2, 0) is 24.2 Å². The van der Waals surface area contributed by atoms with Gasteiger partial charge < -0.3 is 14.8 Å². The summed E-state index contributed by atoms with van der Waals surface area (Å²) in [4.78, 5) is 23.6. The Morgan fingerprint density at radius 1 is 1.36 bits per heavy atom. The number of hydrogen-bond acceptors (Lipinski definition) is 7. The normalized spacial score (nSPS) is 19.4. The number of rotatable bonds is 6. The highest BCUT2D eigenvalue weighted by Gasteiger charge is 2.29. The standard InChI is InChI=1S/C16H18N2O6S/c1-11(24-14-4-2-12(8-17)3-5-14)16(20)23-9-15(19)18-13-6-7-25(21,22)10-13/h2-5,11,13H,6-7,9-10H2,1H3,(H,18,19)/t11-,13+/m1/s1. The van der Waals surface area contributed by atoms with Gasteiger partial charge in [0.15, 0.2) is 22.5 Å². The fourth-order valence-electron chi connectivity index (χ4n) is 2.29. The van der Waals surface area contributed by atoms with Gasteiger partial charge >= 0.3 is 5.97 Å². The highest BCUT2D eigenvalue weighted by atomic mass is 32.2. The summed E-state index contributed by atoms with van der Waals surface area (Å²) in [7, 11) is -3.09. The molecule has 0 spiro atoms. The molecule has 1 saturated heterocycles. The molecule has 1 aromatic carbocycles. The third-order valence-electron chi connectivity index (χ3n) is 3.57. The lowest BCUT2D eigenvalue weighted by atomic mass is 10.2. The van der Waals surface area contributed by atoms with E-state index in [1.54, 1.807) is 24.3 Å². The van der Waals surface area contributed by atoms with Crippen LogP contribution in [0.15, 0.2) is 24.3 Å². The van der Waals surface area contributed by atoms with Crippen molar-refractivity contribution in [2.24, 2.45) is 0 Å². The Kier molecular flexibility index (Phi) is 5.98. The second kappa shape index (κ2) is 7.98. The lowest BCUT2D eigenvalue weighted by Crippen LogP contribution is -2.39. The van der Waals surface area contributed by atoms with Gasteiger partial charge in [0.2, 0.25) is 0 Å². The molecule has 0 aliphatic carbocycles. The molecule has 1 fully saturated rings. The van der Waals surface area contributed by atoms with Crippen molar-refractivity contribution in [1.82, 2.24) is 5.32 Å². The topological polar surface area (TPSA) is 123 Å². The zero-order valence-electron chi connectivity index (χ0n) is 13.6. The van der Waals surface area contributed by atoms with Crippen molar-refractivity contribution in [2.75, 3.05) is 18.1 Å². The fourth-order valence-corrected chi connectivity index (χ4v) is 3.97. The van der Waals surface area contributed by atoms with Crippen LogP contribution in [0.5, 0.6) is 5.75 Å². The van der Waals surface area contributed by atoms with Crippen molar-refractivity contribution in [3.8, 4) is 11.8 Å². The van der Waals surface area contributed by atoms with Crippen LogP contribution in [0.2, 0.25) is 0 Å². The van der Waals surface area contributed by atoms with Gasteiger partial charge in [-0.05, 0) is 37.6 Å². The van der Waals surface area contributed by atoms with Gasteiger partial charge in [0.1, 0.15) is 5.75 Å². The first-order valence-electron chi connectivity index (χ1n) is 7.62. The summed E-state index contributed by atoms with van der Waals surface area (Å²) in [6.45, 7) is 0.971. The van der Waals surface area contributed by atoms with Crippen molar-refractivity contribution >= 4 is 21.7 Å². The second-order valence-electron chi connectivity index (χ2n) is 5.67. The van der Waals surface area contributed by atoms with E-state index < -0.39 is 40.5 Å². The largest absolute Gasteiger partial charge is 0.479 e. The maximum atomic E-state index is 11.8. The van der Waals surface area contributed by atoms with Crippen molar-refractivity contribution < 1.29 is 27.5 Å². The Morgan fingerprint density at radius 3 is 2.60 bits per heavy atom. The minimum absolute atomic E-state index is 0.0488. The van der Waals surface area contributed by atoms with Gasteiger partial charge in [-0.3, -0.25) is 4.79 Å². The molecule has 0 aromatic heterocycles. The molecule has 0 saturated carbocycles. The number of hydrogen-bond donors (Lipinski definition) is 1. The van der Waals surface area contributed by atoms with Gasteiger partial charge in [-0.25, -0.2) is 13.2 Å². The van der Waals surface area contributed by atoms with E-state index in [1.165, 1.54) is 6.92 Å². The van der Waals surface area contributed by atoms with Crippen molar-refractivity contribution in [3.63, 3.8) is 0 Å². The average Bonchev–Trinajstić information content (AvgIpc) is 2.91. The van der Waals surface area contributed by atoms with Gasteiger partial charge in [0, 0.05) is 6.04 Å². The van der Waals surface area contributed by atoms with Crippen LogP contribution >= 0.6 is 0 Å². The quantitative estimate of drug-likeness (QED) is 0.712. The Morgan fingerprint density at radius 2 is 2.04 bits per heavy atom. The van der Waals surface area contributed by atoms with Crippen LogP contribution in [0.4, 0.5) is 0 Å². The zero-order chi connectivity index (χ0) is 18.4. The summed E-state index contributed by atoms with van der Waals surface area (Å²) in [5.74, 6) is -0.929. The van der Waals surface area contributed by atoms with Crippen molar-refractivity contribution in [3.05, 3.63) is 29.8 Å². The van der Waals surface area contributed by atoms with E-state index in [0.717, 1.165) is 0 Å². The Bertz CT molecular complexity index is 782. The van der Waals surface area contributed by atoms with Crippen LogP contribution in [0.1, 0.15) is 18.9 Å². The lowest BCUT2D eigenvalue weighted by molar-refractivity contribution is -0.154. The zero-order valence-corrected chi connectivity index (χ0v) is 14.4. The molecule has 9 heteroatoms. The maximum absolute atomic E-state index is 11.8. The smallest absolute Gasteiger partial charge is 0.347 e. The highest BCUT2D eigenvalue weighted by Crippen LogP contribution is 2.14. The molecular weight excluding hydrogens is 348 g/mol. The Labute approximate surface area is 145 Å². The van der Waals surface area contributed by atoms with Crippen LogP contribution in [0.25, 0.3) is 0 Å². The number of esters is 1. The van der Waals surface area contributed by atoms with E-state index in [9.17, 15) is 18.0 Å². The van der Waals surface area contributed by atoms with E-state index in [1.807, 2.05) is 6.07 Å². The van der Waals surface area contributed by atoms with Crippen LogP contribution in [0, 0.1) is 11.3 Å². The highest BCUT2D eigenvalue weighted by molar-refractivity contribution is 7.91. The summed E-state index contributed by atoms with van der Waals surface area (Å²) in [5, 5.41) is 11.2. The second-order valence-corrected chi connectivity index (χ2v) is 7.90.